The lowest BCUT2D eigenvalue weighted by atomic mass is 10.1. The third kappa shape index (κ3) is 5.59. The number of rotatable bonds is 7. The Morgan fingerprint density at radius 1 is 1.19 bits per heavy atom. The fourth-order valence-electron chi connectivity index (χ4n) is 4.56. The highest BCUT2D eigenvalue weighted by atomic mass is 32.1. The molecule has 0 unspecified atom stereocenters. The SMILES string of the molecule is CCn1cc(NC(=O)NCc2ccc(F)cc2)c2cc(-c3nc(CN4CCC(O)CC4)cs3)ccc21. The maximum absolute atomic E-state index is 13.1. The summed E-state index contributed by atoms with van der Waals surface area (Å²) in [4.78, 5) is 19.8. The first kappa shape index (κ1) is 24.4. The largest absolute Gasteiger partial charge is 0.393 e. The zero-order chi connectivity index (χ0) is 25.1. The minimum atomic E-state index is -0.317. The van der Waals surface area contributed by atoms with Crippen LogP contribution in [0.1, 0.15) is 31.0 Å². The molecular weight excluding hydrogens is 477 g/mol. The van der Waals surface area contributed by atoms with Crippen LogP contribution >= 0.6 is 11.3 Å². The van der Waals surface area contributed by atoms with Gasteiger partial charge in [-0.2, -0.15) is 0 Å². The van der Waals surface area contributed by atoms with Gasteiger partial charge in [0.1, 0.15) is 10.8 Å². The van der Waals surface area contributed by atoms with E-state index in [0.29, 0.717) is 6.54 Å². The van der Waals surface area contributed by atoms with Crippen molar-refractivity contribution in [2.45, 2.75) is 45.5 Å². The highest BCUT2D eigenvalue weighted by molar-refractivity contribution is 7.13. The number of thiazole rings is 1. The van der Waals surface area contributed by atoms with Gasteiger partial charge in [-0.3, -0.25) is 4.90 Å². The number of piperidine rings is 1. The zero-order valence-corrected chi connectivity index (χ0v) is 21.0. The maximum atomic E-state index is 13.1. The molecule has 0 bridgehead atoms. The molecule has 1 aliphatic rings. The second kappa shape index (κ2) is 10.8. The number of benzene rings is 2. The first-order chi connectivity index (χ1) is 17.5. The second-order valence-corrected chi connectivity index (χ2v) is 10.0. The molecule has 4 aromatic rings. The van der Waals surface area contributed by atoms with E-state index in [0.717, 1.165) is 77.4 Å². The molecule has 7 nitrogen and oxygen atoms in total. The number of nitrogens with one attached hydrogen (secondary N) is 2. The maximum Gasteiger partial charge on any atom is 0.319 e. The van der Waals surface area contributed by atoms with Crippen molar-refractivity contribution in [1.29, 1.82) is 0 Å². The summed E-state index contributed by atoms with van der Waals surface area (Å²) in [6, 6.07) is 12.0. The summed E-state index contributed by atoms with van der Waals surface area (Å²) >= 11 is 1.62. The Labute approximate surface area is 213 Å². The van der Waals surface area contributed by atoms with Crippen molar-refractivity contribution >= 4 is 34.0 Å². The zero-order valence-electron chi connectivity index (χ0n) is 20.2. The Bertz CT molecular complexity index is 1340. The summed E-state index contributed by atoms with van der Waals surface area (Å²) in [5.74, 6) is -0.301. The number of urea groups is 1. The van der Waals surface area contributed by atoms with Crippen LogP contribution in [0.5, 0.6) is 0 Å². The number of aryl methyl sites for hydroxylation is 1. The van der Waals surface area contributed by atoms with Crippen molar-refractivity contribution in [2.75, 3.05) is 18.4 Å². The monoisotopic (exact) mass is 507 g/mol. The Balaban J connectivity index is 1.31. The molecule has 2 amide bonds. The van der Waals surface area contributed by atoms with Crippen LogP contribution in [0.2, 0.25) is 0 Å². The number of likely N-dealkylation sites (tertiary alicyclic amines) is 1. The molecular formula is C27H30FN5O2S. The number of fused-ring (bicyclic) bond motifs is 1. The van der Waals surface area contributed by atoms with E-state index < -0.39 is 0 Å². The average Bonchev–Trinajstić information content (AvgIpc) is 3.49. The number of halogens is 1. The van der Waals surface area contributed by atoms with Crippen molar-refractivity contribution < 1.29 is 14.3 Å². The summed E-state index contributed by atoms with van der Waals surface area (Å²) < 4.78 is 15.2. The van der Waals surface area contributed by atoms with Crippen LogP contribution in [0, 0.1) is 5.82 Å². The highest BCUT2D eigenvalue weighted by Crippen LogP contribution is 2.32. The minimum Gasteiger partial charge on any atom is -0.393 e. The number of aliphatic hydroxyl groups excluding tert-OH is 1. The molecule has 5 rings (SSSR count). The van der Waals surface area contributed by atoms with E-state index in [4.69, 9.17) is 4.98 Å². The molecule has 3 heterocycles. The van der Waals surface area contributed by atoms with E-state index in [2.05, 4.69) is 50.6 Å². The second-order valence-electron chi connectivity index (χ2n) is 9.15. The number of carbonyl (C=O) groups excluding carboxylic acids is 1. The minimum absolute atomic E-state index is 0.179. The molecule has 0 atom stereocenters. The van der Waals surface area contributed by atoms with Gasteiger partial charge in [0, 0.05) is 55.3 Å². The molecule has 9 heteroatoms. The fraction of sp³-hybridized carbons (Fsp3) is 0.333. The number of carbonyl (C=O) groups is 1. The predicted octanol–water partition coefficient (Wildman–Crippen LogP) is 5.20. The summed E-state index contributed by atoms with van der Waals surface area (Å²) in [6.07, 6.45) is 3.40. The van der Waals surface area contributed by atoms with E-state index >= 15 is 0 Å². The molecule has 0 radical (unpaired) electrons. The highest BCUT2D eigenvalue weighted by Gasteiger charge is 2.18. The lowest BCUT2D eigenvalue weighted by Gasteiger charge is -2.28. The number of hydrogen-bond acceptors (Lipinski definition) is 5. The number of aliphatic hydroxyl groups is 1. The van der Waals surface area contributed by atoms with Crippen molar-refractivity contribution in [3.8, 4) is 10.6 Å². The van der Waals surface area contributed by atoms with E-state index in [1.807, 2.05) is 6.20 Å². The number of anilines is 1. The summed E-state index contributed by atoms with van der Waals surface area (Å²) in [5.41, 5.74) is 4.64. The fourth-order valence-corrected chi connectivity index (χ4v) is 5.37. The van der Waals surface area contributed by atoms with Crippen molar-refractivity contribution in [3.63, 3.8) is 0 Å². The molecule has 2 aromatic heterocycles. The van der Waals surface area contributed by atoms with Gasteiger partial charge in [-0.1, -0.05) is 12.1 Å². The molecule has 3 N–H and O–H groups in total. The molecule has 0 saturated carbocycles. The van der Waals surface area contributed by atoms with E-state index in [1.165, 1.54) is 12.1 Å². The van der Waals surface area contributed by atoms with E-state index in [-0.39, 0.29) is 18.0 Å². The van der Waals surface area contributed by atoms with E-state index in [9.17, 15) is 14.3 Å². The Kier molecular flexibility index (Phi) is 7.31. The van der Waals surface area contributed by atoms with Crippen LogP contribution in [0.25, 0.3) is 21.5 Å². The molecule has 1 fully saturated rings. The van der Waals surface area contributed by atoms with Crippen LogP contribution in [-0.2, 0) is 19.6 Å². The topological polar surface area (TPSA) is 82.4 Å². The first-order valence-corrected chi connectivity index (χ1v) is 13.1. The third-order valence-corrected chi connectivity index (χ3v) is 7.52. The van der Waals surface area contributed by atoms with Crippen molar-refractivity contribution in [1.82, 2.24) is 19.8 Å². The Morgan fingerprint density at radius 3 is 2.72 bits per heavy atom. The number of nitrogens with zero attached hydrogens (tertiary/aromatic N) is 3. The lowest BCUT2D eigenvalue weighted by Crippen LogP contribution is -2.35. The average molecular weight is 508 g/mol. The summed E-state index contributed by atoms with van der Waals surface area (Å²) in [7, 11) is 0. The summed E-state index contributed by atoms with van der Waals surface area (Å²) in [5, 5.41) is 19.5. The molecule has 0 spiro atoms. The molecule has 1 aliphatic heterocycles. The normalized spacial score (nSPS) is 14.9. The van der Waals surface area contributed by atoms with Crippen LogP contribution in [0.15, 0.2) is 54.0 Å². The van der Waals surface area contributed by atoms with Gasteiger partial charge in [0.2, 0.25) is 0 Å². The Morgan fingerprint density at radius 2 is 1.97 bits per heavy atom. The van der Waals surface area contributed by atoms with Gasteiger partial charge in [0.05, 0.1) is 23.0 Å². The van der Waals surface area contributed by atoms with Gasteiger partial charge in [-0.05, 0) is 55.7 Å². The molecule has 0 aliphatic carbocycles. The van der Waals surface area contributed by atoms with Gasteiger partial charge >= 0.3 is 6.03 Å². The Hall–Kier alpha value is -3.27. The van der Waals surface area contributed by atoms with E-state index in [1.54, 1.807) is 23.5 Å². The standard InChI is InChI=1S/C27H30FN5O2S/c1-2-33-16-24(31-27(35)29-14-18-3-6-20(28)7-4-18)23-13-19(5-8-25(23)33)26-30-21(17-36-26)15-32-11-9-22(34)10-12-32/h3-8,13,16-17,22,34H,2,9-12,14-15H2,1H3,(H2,29,31,35). The third-order valence-electron chi connectivity index (χ3n) is 6.58. The van der Waals surface area contributed by atoms with Crippen LogP contribution < -0.4 is 10.6 Å². The summed E-state index contributed by atoms with van der Waals surface area (Å²) in [6.45, 7) is 5.73. The van der Waals surface area contributed by atoms with Crippen LogP contribution in [-0.4, -0.2) is 44.8 Å². The van der Waals surface area contributed by atoms with Crippen LogP contribution in [0.4, 0.5) is 14.9 Å². The van der Waals surface area contributed by atoms with Gasteiger partial charge < -0.3 is 20.3 Å². The lowest BCUT2D eigenvalue weighted by molar-refractivity contribution is 0.0787. The number of hydrogen-bond donors (Lipinski definition) is 3. The van der Waals surface area contributed by atoms with Crippen molar-refractivity contribution in [3.05, 3.63) is 71.1 Å². The van der Waals surface area contributed by atoms with Gasteiger partial charge in [-0.25, -0.2) is 14.2 Å². The molecule has 36 heavy (non-hydrogen) atoms. The molecule has 188 valence electrons. The quantitative estimate of drug-likeness (QED) is 0.321. The molecule has 2 aromatic carbocycles. The van der Waals surface area contributed by atoms with Gasteiger partial charge in [0.25, 0.3) is 0 Å². The van der Waals surface area contributed by atoms with Gasteiger partial charge in [0.15, 0.2) is 0 Å². The van der Waals surface area contributed by atoms with Crippen LogP contribution in [0.3, 0.4) is 0 Å². The van der Waals surface area contributed by atoms with Crippen molar-refractivity contribution in [2.24, 2.45) is 0 Å². The molecule has 1 saturated heterocycles. The number of aromatic nitrogens is 2. The number of amides is 2. The predicted molar refractivity (Wildman–Crippen MR) is 141 cm³/mol. The smallest absolute Gasteiger partial charge is 0.319 e. The van der Waals surface area contributed by atoms with Gasteiger partial charge in [-0.15, -0.1) is 11.3 Å². The first-order valence-electron chi connectivity index (χ1n) is 12.3.